The van der Waals surface area contributed by atoms with Crippen LogP contribution < -0.4 is 10.6 Å². The van der Waals surface area contributed by atoms with Crippen LogP contribution in [0.1, 0.15) is 18.5 Å². The number of carbonyl (C=O) groups excluding carboxylic acids is 2. The van der Waals surface area contributed by atoms with Crippen molar-refractivity contribution in [3.63, 3.8) is 0 Å². The highest BCUT2D eigenvalue weighted by Crippen LogP contribution is 2.22. The molecule has 1 rings (SSSR count). The fourth-order valence-electron chi connectivity index (χ4n) is 1.50. The van der Waals surface area contributed by atoms with Crippen molar-refractivity contribution < 1.29 is 19.5 Å². The number of nitrogens with one attached hydrogen (secondary N) is 2. The fraction of sp³-hybridized carbons (Fsp3) is 0.364. The Labute approximate surface area is 109 Å². The van der Waals surface area contributed by atoms with Crippen LogP contribution in [-0.2, 0) is 15.1 Å². The van der Waals surface area contributed by atoms with E-state index in [4.69, 9.17) is 5.11 Å². The molecule has 0 aliphatic carbocycles. The Bertz CT molecular complexity index is 465. The van der Waals surface area contributed by atoms with Crippen molar-refractivity contribution in [1.29, 1.82) is 0 Å². The van der Waals surface area contributed by atoms with Gasteiger partial charge in [0.2, 0.25) is 0 Å². The van der Waals surface area contributed by atoms with E-state index in [9.17, 15) is 14.4 Å². The molecule has 1 atom stereocenters. The van der Waals surface area contributed by atoms with Gasteiger partial charge in [0.05, 0.1) is 11.9 Å². The van der Waals surface area contributed by atoms with Gasteiger partial charge in [0.15, 0.2) is 6.29 Å². The van der Waals surface area contributed by atoms with Crippen LogP contribution in [-0.4, -0.2) is 40.4 Å². The van der Waals surface area contributed by atoms with Crippen LogP contribution in [0.25, 0.3) is 0 Å². The number of hydrogen-bond acceptors (Lipinski definition) is 5. The van der Waals surface area contributed by atoms with Gasteiger partial charge in [-0.2, -0.15) is 0 Å². The highest BCUT2D eigenvalue weighted by atomic mass is 16.4. The van der Waals surface area contributed by atoms with Crippen molar-refractivity contribution in [3.8, 4) is 0 Å². The molecular weight excluding hydrogens is 252 g/mol. The van der Waals surface area contributed by atoms with E-state index in [0.717, 1.165) is 0 Å². The van der Waals surface area contributed by atoms with Gasteiger partial charge in [-0.25, -0.2) is 4.79 Å². The normalized spacial score (nSPS) is 13.1. The third kappa shape index (κ3) is 3.73. The molecule has 0 fully saturated rings. The van der Waals surface area contributed by atoms with Crippen molar-refractivity contribution in [2.24, 2.45) is 0 Å². The molecule has 19 heavy (non-hydrogen) atoms. The number of aldehydes is 1. The Morgan fingerprint density at radius 2 is 2.21 bits per heavy atom. The number of rotatable bonds is 6. The number of aliphatic carboxylic acids is 1. The predicted octanol–water partition coefficient (Wildman–Crippen LogP) is -0.335. The number of amides is 2. The summed E-state index contributed by atoms with van der Waals surface area (Å²) in [6.07, 6.45) is 4.15. The predicted molar refractivity (Wildman–Crippen MR) is 64.2 cm³/mol. The van der Waals surface area contributed by atoms with Gasteiger partial charge in [-0.15, -0.1) is 0 Å². The molecule has 0 saturated carbocycles. The van der Waals surface area contributed by atoms with Gasteiger partial charge in [0.1, 0.15) is 5.54 Å². The highest BCUT2D eigenvalue weighted by Gasteiger charge is 2.35. The van der Waals surface area contributed by atoms with Gasteiger partial charge in [-0.3, -0.25) is 14.8 Å². The third-order valence-electron chi connectivity index (χ3n) is 2.52. The van der Waals surface area contributed by atoms with Crippen LogP contribution in [0.15, 0.2) is 18.6 Å². The largest absolute Gasteiger partial charge is 0.481 e. The quantitative estimate of drug-likeness (QED) is 0.606. The molecule has 1 unspecified atom stereocenters. The summed E-state index contributed by atoms with van der Waals surface area (Å²) in [6, 6.07) is -0.608. The second kappa shape index (κ2) is 6.43. The van der Waals surface area contributed by atoms with Crippen molar-refractivity contribution in [1.82, 2.24) is 20.6 Å². The Balaban J connectivity index is 3.09. The first-order valence-corrected chi connectivity index (χ1v) is 5.48. The molecule has 3 N–H and O–H groups in total. The van der Waals surface area contributed by atoms with E-state index in [-0.39, 0.29) is 18.5 Å². The van der Waals surface area contributed by atoms with Crippen LogP contribution in [0.5, 0.6) is 0 Å². The summed E-state index contributed by atoms with van der Waals surface area (Å²) in [5.41, 5.74) is -1.32. The van der Waals surface area contributed by atoms with Crippen LogP contribution in [0.4, 0.5) is 4.79 Å². The van der Waals surface area contributed by atoms with E-state index in [2.05, 4.69) is 20.6 Å². The first-order chi connectivity index (χ1) is 9.04. The maximum Gasteiger partial charge on any atom is 0.315 e. The lowest BCUT2D eigenvalue weighted by molar-refractivity contribution is -0.137. The molecule has 1 aromatic rings. The van der Waals surface area contributed by atoms with Gasteiger partial charge in [-0.1, -0.05) is 0 Å². The van der Waals surface area contributed by atoms with Crippen molar-refractivity contribution in [2.75, 3.05) is 7.05 Å². The molecule has 8 heteroatoms. The summed E-state index contributed by atoms with van der Waals surface area (Å²) in [6.45, 7) is 0. The number of nitrogens with zero attached hydrogens (tertiary/aromatic N) is 2. The first-order valence-electron chi connectivity index (χ1n) is 5.48. The highest BCUT2D eigenvalue weighted by molar-refractivity contribution is 5.81. The number of urea groups is 1. The van der Waals surface area contributed by atoms with E-state index in [1.165, 1.54) is 25.6 Å². The van der Waals surface area contributed by atoms with Crippen LogP contribution in [0, 0.1) is 0 Å². The van der Waals surface area contributed by atoms with Gasteiger partial charge in [-0.05, 0) is 6.42 Å². The molecule has 0 spiro atoms. The molecule has 0 aliphatic rings. The van der Waals surface area contributed by atoms with E-state index in [0.29, 0.717) is 6.29 Å². The summed E-state index contributed by atoms with van der Waals surface area (Å²) < 4.78 is 0. The van der Waals surface area contributed by atoms with E-state index in [1.54, 1.807) is 0 Å². The van der Waals surface area contributed by atoms with Gasteiger partial charge < -0.3 is 20.5 Å². The molecule has 0 aliphatic heterocycles. The number of carboxylic acids is 1. The second-order valence-electron chi connectivity index (χ2n) is 3.78. The molecule has 0 radical (unpaired) electrons. The zero-order valence-corrected chi connectivity index (χ0v) is 10.3. The molecule has 1 heterocycles. The average Bonchev–Trinajstić information content (AvgIpc) is 2.44. The SMILES string of the molecule is CNC(=O)NC(C=O)(CCC(=O)O)c1cnccn1. The third-order valence-corrected chi connectivity index (χ3v) is 2.52. The first kappa shape index (κ1) is 14.6. The molecule has 2 amide bonds. The lowest BCUT2D eigenvalue weighted by Crippen LogP contribution is -2.51. The fourth-order valence-corrected chi connectivity index (χ4v) is 1.50. The number of carbonyl (C=O) groups is 3. The lowest BCUT2D eigenvalue weighted by atomic mass is 9.91. The molecule has 0 bridgehead atoms. The minimum absolute atomic E-state index is 0.113. The Morgan fingerprint density at radius 1 is 1.47 bits per heavy atom. The molecule has 102 valence electrons. The molecule has 0 saturated heterocycles. The van der Waals surface area contributed by atoms with Crippen molar-refractivity contribution in [2.45, 2.75) is 18.4 Å². The summed E-state index contributed by atoms with van der Waals surface area (Å²) in [5, 5.41) is 13.5. The maximum absolute atomic E-state index is 11.4. The Kier molecular flexibility index (Phi) is 4.92. The summed E-state index contributed by atoms with van der Waals surface area (Å²) in [7, 11) is 1.39. The van der Waals surface area contributed by atoms with E-state index < -0.39 is 17.5 Å². The Morgan fingerprint density at radius 3 is 2.68 bits per heavy atom. The molecule has 1 aromatic heterocycles. The smallest absolute Gasteiger partial charge is 0.315 e. The average molecular weight is 266 g/mol. The van der Waals surface area contributed by atoms with Gasteiger partial charge in [0, 0.05) is 25.9 Å². The molecule has 8 nitrogen and oxygen atoms in total. The molecule has 0 aromatic carbocycles. The van der Waals surface area contributed by atoms with Gasteiger partial charge >= 0.3 is 12.0 Å². The van der Waals surface area contributed by atoms with Crippen molar-refractivity contribution >= 4 is 18.3 Å². The lowest BCUT2D eigenvalue weighted by Gasteiger charge is -2.27. The maximum atomic E-state index is 11.4. The minimum atomic E-state index is -1.51. The number of aromatic nitrogens is 2. The number of hydrogen-bond donors (Lipinski definition) is 3. The summed E-state index contributed by atoms with van der Waals surface area (Å²) in [4.78, 5) is 41.3. The van der Waals surface area contributed by atoms with Crippen molar-refractivity contribution in [3.05, 3.63) is 24.3 Å². The standard InChI is InChI=1S/C11H14N4O4/c1-12-10(19)15-11(7-16,3-2-9(17)18)8-6-13-4-5-14-8/h4-7H,2-3H2,1H3,(H,17,18)(H2,12,15,19). The topological polar surface area (TPSA) is 121 Å². The summed E-state index contributed by atoms with van der Waals surface area (Å²) in [5.74, 6) is -1.08. The zero-order chi connectivity index (χ0) is 14.3. The van der Waals surface area contributed by atoms with Crippen LogP contribution in [0.3, 0.4) is 0 Å². The van der Waals surface area contributed by atoms with E-state index in [1.807, 2.05) is 0 Å². The van der Waals surface area contributed by atoms with E-state index >= 15 is 0 Å². The summed E-state index contributed by atoms with van der Waals surface area (Å²) >= 11 is 0. The van der Waals surface area contributed by atoms with Gasteiger partial charge in [0.25, 0.3) is 0 Å². The zero-order valence-electron chi connectivity index (χ0n) is 10.3. The second-order valence-corrected chi connectivity index (χ2v) is 3.78. The Hall–Kier alpha value is -2.51. The number of carboxylic acid groups (broad SMARTS) is 1. The minimum Gasteiger partial charge on any atom is -0.481 e. The van der Waals surface area contributed by atoms with Crippen LogP contribution >= 0.6 is 0 Å². The monoisotopic (exact) mass is 266 g/mol. The van der Waals surface area contributed by atoms with Crippen LogP contribution in [0.2, 0.25) is 0 Å². The molecular formula is C11H14N4O4.